The number of pyridine rings is 1. The van der Waals surface area contributed by atoms with E-state index in [4.69, 9.17) is 11.6 Å². The monoisotopic (exact) mass is 431 g/mol. The molecule has 2 aromatic carbocycles. The molecule has 0 unspecified atom stereocenters. The molecule has 2 aromatic heterocycles. The van der Waals surface area contributed by atoms with Crippen molar-refractivity contribution >= 4 is 45.8 Å². The maximum atomic E-state index is 13.0. The van der Waals surface area contributed by atoms with Gasteiger partial charge in [0.15, 0.2) is 0 Å². The SMILES string of the molecule is O=C(Nc1ccc(-n2cnc3ccccc32)nc1)c1ccc(Cl)cc1N1CCCC1=O. The lowest BCUT2D eigenvalue weighted by atomic mass is 10.1. The minimum absolute atomic E-state index is 0.00473. The van der Waals surface area contributed by atoms with Gasteiger partial charge in [0.1, 0.15) is 12.1 Å². The average molecular weight is 432 g/mol. The Hall–Kier alpha value is -3.71. The molecule has 0 saturated carbocycles. The number of imidazole rings is 1. The third-order valence-electron chi connectivity index (χ3n) is 5.27. The second-order valence-electron chi connectivity index (χ2n) is 7.27. The van der Waals surface area contributed by atoms with Crippen molar-refractivity contribution in [3.05, 3.63) is 77.7 Å². The highest BCUT2D eigenvalue weighted by Gasteiger charge is 2.26. The summed E-state index contributed by atoms with van der Waals surface area (Å²) in [7, 11) is 0. The van der Waals surface area contributed by atoms with Crippen LogP contribution in [0.1, 0.15) is 23.2 Å². The zero-order chi connectivity index (χ0) is 21.4. The molecule has 4 aromatic rings. The summed E-state index contributed by atoms with van der Waals surface area (Å²) in [5.74, 6) is 0.366. The number of amides is 2. The zero-order valence-corrected chi connectivity index (χ0v) is 17.2. The molecule has 31 heavy (non-hydrogen) atoms. The van der Waals surface area contributed by atoms with Crippen LogP contribution in [0.25, 0.3) is 16.9 Å². The fourth-order valence-electron chi connectivity index (χ4n) is 3.77. The summed E-state index contributed by atoms with van der Waals surface area (Å²) in [5, 5.41) is 3.34. The minimum Gasteiger partial charge on any atom is -0.321 e. The number of benzene rings is 2. The third-order valence-corrected chi connectivity index (χ3v) is 5.51. The predicted molar refractivity (Wildman–Crippen MR) is 120 cm³/mol. The van der Waals surface area contributed by atoms with Crippen LogP contribution in [0.3, 0.4) is 0 Å². The number of fused-ring (bicyclic) bond motifs is 1. The Balaban J connectivity index is 1.40. The van der Waals surface area contributed by atoms with Gasteiger partial charge in [-0.1, -0.05) is 23.7 Å². The summed E-state index contributed by atoms with van der Waals surface area (Å²) in [5.41, 5.74) is 3.30. The van der Waals surface area contributed by atoms with E-state index in [1.54, 1.807) is 41.7 Å². The molecule has 1 fully saturated rings. The highest BCUT2D eigenvalue weighted by Crippen LogP contribution is 2.29. The predicted octanol–water partition coefficient (Wildman–Crippen LogP) is 4.45. The van der Waals surface area contributed by atoms with Crippen LogP contribution in [0, 0.1) is 0 Å². The van der Waals surface area contributed by atoms with Gasteiger partial charge in [-0.15, -0.1) is 0 Å². The number of rotatable bonds is 4. The first-order valence-corrected chi connectivity index (χ1v) is 10.3. The highest BCUT2D eigenvalue weighted by molar-refractivity contribution is 6.31. The molecule has 154 valence electrons. The van der Waals surface area contributed by atoms with Gasteiger partial charge in [0, 0.05) is 18.0 Å². The van der Waals surface area contributed by atoms with Crippen molar-refractivity contribution in [3.63, 3.8) is 0 Å². The molecule has 0 aliphatic carbocycles. The molecule has 2 amide bonds. The highest BCUT2D eigenvalue weighted by atomic mass is 35.5. The Morgan fingerprint density at radius 3 is 2.71 bits per heavy atom. The maximum absolute atomic E-state index is 13.0. The van der Waals surface area contributed by atoms with Gasteiger partial charge in [-0.2, -0.15) is 0 Å². The molecule has 8 heteroatoms. The molecule has 1 saturated heterocycles. The van der Waals surface area contributed by atoms with Crippen molar-refractivity contribution < 1.29 is 9.59 Å². The van der Waals surface area contributed by atoms with Gasteiger partial charge in [0.2, 0.25) is 5.91 Å². The summed E-state index contributed by atoms with van der Waals surface area (Å²) in [6, 6.07) is 16.3. The molecular weight excluding hydrogens is 414 g/mol. The molecule has 0 spiro atoms. The van der Waals surface area contributed by atoms with Crippen LogP contribution in [-0.2, 0) is 4.79 Å². The van der Waals surface area contributed by atoms with Gasteiger partial charge in [-0.05, 0) is 48.9 Å². The van der Waals surface area contributed by atoms with Gasteiger partial charge < -0.3 is 10.2 Å². The van der Waals surface area contributed by atoms with Gasteiger partial charge in [0.25, 0.3) is 5.91 Å². The van der Waals surface area contributed by atoms with E-state index in [0.29, 0.717) is 40.7 Å². The lowest BCUT2D eigenvalue weighted by molar-refractivity contribution is -0.117. The van der Waals surface area contributed by atoms with Crippen molar-refractivity contribution in [1.29, 1.82) is 0 Å². The van der Waals surface area contributed by atoms with Gasteiger partial charge in [-0.3, -0.25) is 14.2 Å². The zero-order valence-electron chi connectivity index (χ0n) is 16.5. The summed E-state index contributed by atoms with van der Waals surface area (Å²) >= 11 is 6.13. The second kappa shape index (κ2) is 7.85. The Kier molecular flexibility index (Phi) is 4.88. The number of para-hydroxylation sites is 2. The number of halogens is 1. The summed E-state index contributed by atoms with van der Waals surface area (Å²) in [4.78, 5) is 35.6. The lowest BCUT2D eigenvalue weighted by Gasteiger charge is -2.19. The van der Waals surface area contributed by atoms with Gasteiger partial charge in [0.05, 0.1) is 34.2 Å². The molecule has 1 aliphatic heterocycles. The summed E-state index contributed by atoms with van der Waals surface area (Å²) in [6.45, 7) is 0.578. The lowest BCUT2D eigenvalue weighted by Crippen LogP contribution is -2.27. The van der Waals surface area contributed by atoms with Crippen LogP contribution in [0.4, 0.5) is 11.4 Å². The van der Waals surface area contributed by atoms with Crippen LogP contribution < -0.4 is 10.2 Å². The first kappa shape index (κ1) is 19.3. The van der Waals surface area contributed by atoms with Crippen LogP contribution in [-0.4, -0.2) is 32.9 Å². The number of aromatic nitrogens is 3. The topological polar surface area (TPSA) is 80.1 Å². The average Bonchev–Trinajstić information content (AvgIpc) is 3.40. The normalized spacial score (nSPS) is 13.7. The van der Waals surface area contributed by atoms with Crippen LogP contribution in [0.15, 0.2) is 67.1 Å². The fraction of sp³-hybridized carbons (Fsp3) is 0.130. The first-order chi connectivity index (χ1) is 15.1. The van der Waals surface area contributed by atoms with Crippen molar-refractivity contribution in [2.45, 2.75) is 12.8 Å². The van der Waals surface area contributed by atoms with E-state index in [0.717, 1.165) is 17.5 Å². The Labute approximate surface area is 183 Å². The van der Waals surface area contributed by atoms with Crippen molar-refractivity contribution in [2.75, 3.05) is 16.8 Å². The van der Waals surface area contributed by atoms with Crippen molar-refractivity contribution in [1.82, 2.24) is 14.5 Å². The molecular formula is C23H18ClN5O2. The minimum atomic E-state index is -0.325. The van der Waals surface area contributed by atoms with E-state index in [1.807, 2.05) is 34.9 Å². The molecule has 0 radical (unpaired) electrons. The molecule has 5 rings (SSSR count). The number of carbonyl (C=O) groups excluding carboxylic acids is 2. The van der Waals surface area contributed by atoms with E-state index in [2.05, 4.69) is 15.3 Å². The van der Waals surface area contributed by atoms with Gasteiger partial charge in [-0.25, -0.2) is 9.97 Å². The number of carbonyl (C=O) groups is 2. The first-order valence-electron chi connectivity index (χ1n) is 9.90. The van der Waals surface area contributed by atoms with Gasteiger partial charge >= 0.3 is 0 Å². The maximum Gasteiger partial charge on any atom is 0.257 e. The Morgan fingerprint density at radius 1 is 1.06 bits per heavy atom. The number of nitrogens with one attached hydrogen (secondary N) is 1. The van der Waals surface area contributed by atoms with Crippen LogP contribution >= 0.6 is 11.6 Å². The van der Waals surface area contributed by atoms with E-state index < -0.39 is 0 Å². The van der Waals surface area contributed by atoms with Crippen molar-refractivity contribution in [2.24, 2.45) is 0 Å². The number of nitrogens with zero attached hydrogens (tertiary/aromatic N) is 4. The number of hydrogen-bond donors (Lipinski definition) is 1. The quantitative estimate of drug-likeness (QED) is 0.517. The Bertz CT molecular complexity index is 1300. The molecule has 1 N–H and O–H groups in total. The number of hydrogen-bond acceptors (Lipinski definition) is 4. The molecule has 0 bridgehead atoms. The van der Waals surface area contributed by atoms with E-state index in [9.17, 15) is 9.59 Å². The standard InChI is InChI=1S/C23H18ClN5O2/c24-15-7-9-17(20(12-15)28-11-3-6-22(28)30)23(31)27-16-8-10-21(25-13-16)29-14-26-18-4-1-2-5-19(18)29/h1-2,4-5,7-10,12-14H,3,6,11H2,(H,27,31). The van der Waals surface area contributed by atoms with E-state index >= 15 is 0 Å². The molecule has 3 heterocycles. The number of anilines is 2. The second-order valence-corrected chi connectivity index (χ2v) is 7.71. The fourth-order valence-corrected chi connectivity index (χ4v) is 3.93. The van der Waals surface area contributed by atoms with E-state index in [1.165, 1.54) is 0 Å². The van der Waals surface area contributed by atoms with Crippen LogP contribution in [0.5, 0.6) is 0 Å². The summed E-state index contributed by atoms with van der Waals surface area (Å²) in [6.07, 6.45) is 4.56. The Morgan fingerprint density at radius 2 is 1.94 bits per heavy atom. The third kappa shape index (κ3) is 3.64. The van der Waals surface area contributed by atoms with Crippen molar-refractivity contribution in [3.8, 4) is 5.82 Å². The molecule has 1 aliphatic rings. The van der Waals surface area contributed by atoms with E-state index in [-0.39, 0.29) is 11.8 Å². The summed E-state index contributed by atoms with van der Waals surface area (Å²) < 4.78 is 1.89. The molecule has 7 nitrogen and oxygen atoms in total. The van der Waals surface area contributed by atoms with Crippen LogP contribution in [0.2, 0.25) is 5.02 Å². The largest absolute Gasteiger partial charge is 0.321 e. The smallest absolute Gasteiger partial charge is 0.257 e. The molecule has 0 atom stereocenters.